The Labute approximate surface area is 199 Å². The van der Waals surface area contributed by atoms with E-state index >= 15 is 0 Å². The number of hydrogen-bond acceptors (Lipinski definition) is 7. The van der Waals surface area contributed by atoms with Gasteiger partial charge in [0.15, 0.2) is 5.16 Å². The highest BCUT2D eigenvalue weighted by molar-refractivity contribution is 7.98. The van der Waals surface area contributed by atoms with Gasteiger partial charge in [-0.1, -0.05) is 30.0 Å². The van der Waals surface area contributed by atoms with Crippen LogP contribution in [0.15, 0.2) is 53.8 Å². The first-order valence-corrected chi connectivity index (χ1v) is 12.2. The van der Waals surface area contributed by atoms with Gasteiger partial charge in [0.25, 0.3) is 5.91 Å². The number of rotatable bonds is 7. The van der Waals surface area contributed by atoms with Crippen LogP contribution in [0, 0.1) is 13.8 Å². The Balaban J connectivity index is 1.35. The third kappa shape index (κ3) is 6.09. The summed E-state index contributed by atoms with van der Waals surface area (Å²) >= 11 is 1.63. The Hall–Kier alpha value is -2.97. The number of piperazine rings is 1. The zero-order valence-electron chi connectivity index (χ0n) is 19.4. The molecule has 1 aliphatic rings. The van der Waals surface area contributed by atoms with E-state index < -0.39 is 0 Å². The molecule has 0 atom stereocenters. The minimum atomic E-state index is -0.103. The molecule has 1 saturated heterocycles. The molecule has 7 nitrogen and oxygen atoms in total. The van der Waals surface area contributed by atoms with E-state index in [-0.39, 0.29) is 5.91 Å². The highest BCUT2D eigenvalue weighted by Gasteiger charge is 2.19. The van der Waals surface area contributed by atoms with Crippen LogP contribution in [-0.2, 0) is 12.3 Å². The minimum absolute atomic E-state index is 0.103. The second-order valence-electron chi connectivity index (χ2n) is 8.32. The monoisotopic (exact) mass is 462 g/mol. The molecule has 1 fully saturated rings. The number of benzene rings is 1. The van der Waals surface area contributed by atoms with Gasteiger partial charge in [0, 0.05) is 54.9 Å². The lowest BCUT2D eigenvalue weighted by Crippen LogP contribution is -2.45. The maximum Gasteiger partial charge on any atom is 0.251 e. The lowest BCUT2D eigenvalue weighted by molar-refractivity contribution is 0.0950. The summed E-state index contributed by atoms with van der Waals surface area (Å²) in [6, 6.07) is 13.4. The average Bonchev–Trinajstić information content (AvgIpc) is 2.85. The van der Waals surface area contributed by atoms with Crippen molar-refractivity contribution >= 4 is 23.5 Å². The Morgan fingerprint density at radius 3 is 2.48 bits per heavy atom. The first kappa shape index (κ1) is 23.2. The normalized spacial score (nSPS) is 14.3. The largest absolute Gasteiger partial charge is 0.354 e. The van der Waals surface area contributed by atoms with Gasteiger partial charge in [0.1, 0.15) is 5.82 Å². The molecule has 8 heteroatoms. The molecule has 2 aromatic heterocycles. The van der Waals surface area contributed by atoms with Gasteiger partial charge >= 0.3 is 0 Å². The molecule has 1 amide bonds. The summed E-state index contributed by atoms with van der Waals surface area (Å²) in [5.41, 5.74) is 4.79. The van der Waals surface area contributed by atoms with Crippen molar-refractivity contribution in [3.8, 4) is 0 Å². The summed E-state index contributed by atoms with van der Waals surface area (Å²) in [5, 5.41) is 3.71. The first-order valence-electron chi connectivity index (χ1n) is 11.2. The van der Waals surface area contributed by atoms with E-state index in [4.69, 9.17) is 9.97 Å². The number of anilines is 1. The third-order valence-corrected chi connectivity index (χ3v) is 6.80. The van der Waals surface area contributed by atoms with Gasteiger partial charge in [0.2, 0.25) is 0 Å². The maximum absolute atomic E-state index is 12.4. The molecule has 0 bridgehead atoms. The molecule has 3 heterocycles. The van der Waals surface area contributed by atoms with Crippen LogP contribution in [0.2, 0.25) is 0 Å². The van der Waals surface area contributed by atoms with E-state index in [0.29, 0.717) is 12.1 Å². The number of nitrogens with zero attached hydrogens (tertiary/aromatic N) is 5. The van der Waals surface area contributed by atoms with E-state index in [0.717, 1.165) is 65.4 Å². The Kier molecular flexibility index (Phi) is 7.57. The number of hydrogen-bond donors (Lipinski definition) is 1. The summed E-state index contributed by atoms with van der Waals surface area (Å²) in [7, 11) is 2.16. The van der Waals surface area contributed by atoms with E-state index in [1.807, 2.05) is 42.5 Å². The second kappa shape index (κ2) is 10.8. The molecule has 1 aromatic carbocycles. The van der Waals surface area contributed by atoms with Crippen molar-refractivity contribution in [1.29, 1.82) is 0 Å². The Morgan fingerprint density at radius 1 is 1.03 bits per heavy atom. The van der Waals surface area contributed by atoms with Crippen LogP contribution in [0.1, 0.15) is 32.9 Å². The van der Waals surface area contributed by atoms with E-state index in [2.05, 4.69) is 41.0 Å². The second-order valence-corrected chi connectivity index (χ2v) is 9.26. The fourth-order valence-corrected chi connectivity index (χ4v) is 4.50. The van der Waals surface area contributed by atoms with Crippen LogP contribution in [0.5, 0.6) is 0 Å². The molecule has 3 aromatic rings. The number of aromatic nitrogens is 3. The van der Waals surface area contributed by atoms with Gasteiger partial charge < -0.3 is 15.1 Å². The molecule has 0 unspecified atom stereocenters. The summed E-state index contributed by atoms with van der Waals surface area (Å²) in [6.45, 7) is 8.65. The maximum atomic E-state index is 12.4. The smallest absolute Gasteiger partial charge is 0.251 e. The number of pyridine rings is 1. The van der Waals surface area contributed by atoms with Gasteiger partial charge in [-0.25, -0.2) is 9.97 Å². The van der Waals surface area contributed by atoms with Crippen molar-refractivity contribution < 1.29 is 4.79 Å². The van der Waals surface area contributed by atoms with Crippen molar-refractivity contribution in [3.63, 3.8) is 0 Å². The molecular weight excluding hydrogens is 432 g/mol. The van der Waals surface area contributed by atoms with E-state index in [1.54, 1.807) is 18.0 Å². The fourth-order valence-electron chi connectivity index (χ4n) is 3.66. The van der Waals surface area contributed by atoms with Crippen molar-refractivity contribution in [2.75, 3.05) is 38.1 Å². The van der Waals surface area contributed by atoms with Gasteiger partial charge in [-0.05, 0) is 50.7 Å². The molecule has 33 heavy (non-hydrogen) atoms. The van der Waals surface area contributed by atoms with Crippen molar-refractivity contribution in [2.45, 2.75) is 31.3 Å². The summed E-state index contributed by atoms with van der Waals surface area (Å²) in [4.78, 5) is 30.9. The topological polar surface area (TPSA) is 74.2 Å². The highest BCUT2D eigenvalue weighted by atomic mass is 32.2. The van der Waals surface area contributed by atoms with Crippen molar-refractivity contribution in [3.05, 3.63) is 76.7 Å². The van der Waals surface area contributed by atoms with Crippen LogP contribution >= 0.6 is 11.8 Å². The molecular formula is C25H30N6OS. The van der Waals surface area contributed by atoms with Crippen LogP contribution in [0.3, 0.4) is 0 Å². The molecule has 172 valence electrons. The van der Waals surface area contributed by atoms with Crippen LogP contribution in [0.25, 0.3) is 0 Å². The molecule has 0 spiro atoms. The number of carbonyl (C=O) groups excluding carboxylic acids is 1. The molecule has 0 aliphatic carbocycles. The third-order valence-electron chi connectivity index (χ3n) is 5.89. The molecule has 0 saturated carbocycles. The summed E-state index contributed by atoms with van der Waals surface area (Å²) in [6.07, 6.45) is 1.72. The van der Waals surface area contributed by atoms with Crippen LogP contribution in [0.4, 0.5) is 5.82 Å². The van der Waals surface area contributed by atoms with E-state index in [1.165, 1.54) is 0 Å². The predicted molar refractivity (Wildman–Crippen MR) is 133 cm³/mol. The van der Waals surface area contributed by atoms with Crippen molar-refractivity contribution in [1.82, 2.24) is 25.2 Å². The minimum Gasteiger partial charge on any atom is -0.354 e. The predicted octanol–water partition coefficient (Wildman–Crippen LogP) is 3.46. The fraction of sp³-hybridized carbons (Fsp3) is 0.360. The van der Waals surface area contributed by atoms with Crippen LogP contribution in [-0.4, -0.2) is 59.0 Å². The van der Waals surface area contributed by atoms with Gasteiger partial charge in [-0.15, -0.1) is 0 Å². The summed E-state index contributed by atoms with van der Waals surface area (Å²) < 4.78 is 0. The van der Waals surface area contributed by atoms with Gasteiger partial charge in [-0.3, -0.25) is 9.78 Å². The van der Waals surface area contributed by atoms with Crippen LogP contribution < -0.4 is 10.2 Å². The molecule has 1 N–H and O–H groups in total. The standard InChI is InChI=1S/C25H30N6OS/c1-18-19(2)28-25(29-23(18)31-14-12-30(3)13-15-31)33-17-20-7-9-21(10-8-20)24(32)27-16-22-6-4-5-11-26-22/h4-11H,12-17H2,1-3H3,(H,27,32). The number of likely N-dealkylation sites (N-methyl/N-ethyl adjacent to an activating group) is 1. The quantitative estimate of drug-likeness (QED) is 0.426. The SMILES string of the molecule is Cc1nc(SCc2ccc(C(=O)NCc3ccccn3)cc2)nc(N2CCN(C)CC2)c1C. The zero-order valence-corrected chi connectivity index (χ0v) is 20.2. The van der Waals surface area contributed by atoms with Crippen molar-refractivity contribution in [2.24, 2.45) is 0 Å². The average molecular weight is 463 g/mol. The zero-order chi connectivity index (χ0) is 23.2. The Bertz CT molecular complexity index is 1080. The van der Waals surface area contributed by atoms with Gasteiger partial charge in [0.05, 0.1) is 12.2 Å². The Morgan fingerprint density at radius 2 is 1.79 bits per heavy atom. The van der Waals surface area contributed by atoms with Gasteiger partial charge in [-0.2, -0.15) is 0 Å². The molecule has 1 aliphatic heterocycles. The number of nitrogens with one attached hydrogen (secondary N) is 1. The molecule has 4 rings (SSSR count). The van der Waals surface area contributed by atoms with E-state index in [9.17, 15) is 4.79 Å². The first-order chi connectivity index (χ1) is 16.0. The lowest BCUT2D eigenvalue weighted by Gasteiger charge is -2.34. The molecule has 0 radical (unpaired) electrons. The highest BCUT2D eigenvalue weighted by Crippen LogP contribution is 2.26. The number of amides is 1. The summed E-state index contributed by atoms with van der Waals surface area (Å²) in [5.74, 6) is 1.70. The number of thioether (sulfide) groups is 1. The number of aryl methyl sites for hydroxylation is 1. The lowest BCUT2D eigenvalue weighted by atomic mass is 10.1. The number of carbonyl (C=O) groups is 1.